The molecule has 1 atom stereocenters. The fourth-order valence-electron chi connectivity index (χ4n) is 5.36. The van der Waals surface area contributed by atoms with Gasteiger partial charge in [0, 0.05) is 62.8 Å². The number of ether oxygens (including phenoxy) is 1. The van der Waals surface area contributed by atoms with Gasteiger partial charge in [-0.25, -0.2) is 4.79 Å². The standard InChI is InChI=1S/C30H39N3O3/c1-31(2)26-13-15-27(16-14-26)32-19-18-24(21-32)22-33(30(35)25-9-5-4-6-10-25)28-11-7-8-23(20-28)12-17-29(34)36-3/h7-8,11-17,20,24-25H,4-6,9-10,18-19,21-22H2,1-3H3/b17-12+/t24-/m1/s1. The molecule has 0 radical (unpaired) electrons. The number of benzene rings is 2. The van der Waals surface area contributed by atoms with Crippen molar-refractivity contribution in [3.05, 3.63) is 60.2 Å². The first-order valence-electron chi connectivity index (χ1n) is 13.1. The molecule has 36 heavy (non-hydrogen) atoms. The molecule has 1 amide bonds. The van der Waals surface area contributed by atoms with E-state index in [-0.39, 0.29) is 17.8 Å². The van der Waals surface area contributed by atoms with Crippen molar-refractivity contribution in [1.29, 1.82) is 0 Å². The minimum atomic E-state index is -0.389. The summed E-state index contributed by atoms with van der Waals surface area (Å²) >= 11 is 0. The van der Waals surface area contributed by atoms with Crippen LogP contribution in [0.25, 0.3) is 6.08 Å². The molecule has 2 aliphatic rings. The molecule has 4 rings (SSSR count). The summed E-state index contributed by atoms with van der Waals surface area (Å²) in [7, 11) is 5.48. The number of anilines is 3. The Hall–Kier alpha value is -3.28. The molecule has 192 valence electrons. The summed E-state index contributed by atoms with van der Waals surface area (Å²) in [4.78, 5) is 31.9. The Bertz CT molecular complexity index is 1060. The molecule has 1 heterocycles. The van der Waals surface area contributed by atoms with Crippen LogP contribution in [-0.4, -0.2) is 52.7 Å². The van der Waals surface area contributed by atoms with E-state index in [1.165, 1.54) is 31.0 Å². The van der Waals surface area contributed by atoms with Gasteiger partial charge in [0.25, 0.3) is 0 Å². The van der Waals surface area contributed by atoms with Gasteiger partial charge in [-0.1, -0.05) is 31.4 Å². The van der Waals surface area contributed by atoms with E-state index in [1.807, 2.05) is 29.2 Å². The van der Waals surface area contributed by atoms with Gasteiger partial charge in [0.05, 0.1) is 7.11 Å². The molecule has 0 bridgehead atoms. The van der Waals surface area contributed by atoms with Crippen molar-refractivity contribution >= 4 is 35.0 Å². The summed E-state index contributed by atoms with van der Waals surface area (Å²) in [6, 6.07) is 16.6. The van der Waals surface area contributed by atoms with E-state index in [9.17, 15) is 9.59 Å². The number of hydrogen-bond donors (Lipinski definition) is 0. The zero-order valence-corrected chi connectivity index (χ0v) is 21.9. The quantitative estimate of drug-likeness (QED) is 0.368. The first kappa shape index (κ1) is 25.8. The first-order valence-corrected chi connectivity index (χ1v) is 13.1. The summed E-state index contributed by atoms with van der Waals surface area (Å²) < 4.78 is 4.72. The van der Waals surface area contributed by atoms with Crippen LogP contribution in [0.3, 0.4) is 0 Å². The molecule has 6 nitrogen and oxygen atoms in total. The van der Waals surface area contributed by atoms with Crippen molar-refractivity contribution in [2.24, 2.45) is 11.8 Å². The van der Waals surface area contributed by atoms with Gasteiger partial charge in [-0.2, -0.15) is 0 Å². The van der Waals surface area contributed by atoms with Crippen LogP contribution in [0.2, 0.25) is 0 Å². The van der Waals surface area contributed by atoms with Gasteiger partial charge >= 0.3 is 5.97 Å². The largest absolute Gasteiger partial charge is 0.466 e. The Morgan fingerprint density at radius 3 is 2.44 bits per heavy atom. The van der Waals surface area contributed by atoms with Crippen molar-refractivity contribution in [2.75, 3.05) is 55.5 Å². The Kier molecular flexibility index (Phi) is 8.68. The average molecular weight is 490 g/mol. The number of esters is 1. The number of hydrogen-bond acceptors (Lipinski definition) is 5. The first-order chi connectivity index (χ1) is 17.4. The van der Waals surface area contributed by atoms with E-state index in [0.29, 0.717) is 12.5 Å². The number of carbonyl (C=O) groups is 2. The maximum absolute atomic E-state index is 13.8. The third-order valence-corrected chi connectivity index (χ3v) is 7.47. The third-order valence-electron chi connectivity index (χ3n) is 7.47. The summed E-state index contributed by atoms with van der Waals surface area (Å²) in [5.74, 6) is 0.363. The Labute approximate surface area is 215 Å². The van der Waals surface area contributed by atoms with Crippen molar-refractivity contribution in [3.8, 4) is 0 Å². The van der Waals surface area contributed by atoms with Crippen molar-refractivity contribution < 1.29 is 14.3 Å². The molecule has 0 unspecified atom stereocenters. The molecule has 2 aromatic carbocycles. The molecule has 2 aromatic rings. The van der Waals surface area contributed by atoms with Gasteiger partial charge in [-0.05, 0) is 73.2 Å². The van der Waals surface area contributed by atoms with Gasteiger partial charge in [0.15, 0.2) is 0 Å². The Morgan fingerprint density at radius 1 is 1.00 bits per heavy atom. The van der Waals surface area contributed by atoms with E-state index < -0.39 is 0 Å². The second kappa shape index (κ2) is 12.1. The van der Waals surface area contributed by atoms with E-state index in [4.69, 9.17) is 4.74 Å². The maximum Gasteiger partial charge on any atom is 0.330 e. The highest BCUT2D eigenvalue weighted by Crippen LogP contribution is 2.31. The zero-order chi connectivity index (χ0) is 25.5. The average Bonchev–Trinajstić information content (AvgIpc) is 3.39. The third kappa shape index (κ3) is 6.48. The molecule has 6 heteroatoms. The number of amides is 1. The van der Waals surface area contributed by atoms with Crippen LogP contribution in [0.5, 0.6) is 0 Å². The molecule has 2 fully saturated rings. The van der Waals surface area contributed by atoms with Crippen molar-refractivity contribution in [1.82, 2.24) is 0 Å². The molecule has 0 N–H and O–H groups in total. The van der Waals surface area contributed by atoms with Gasteiger partial charge in [-0.15, -0.1) is 0 Å². The highest BCUT2D eigenvalue weighted by molar-refractivity contribution is 5.95. The number of rotatable bonds is 8. The number of nitrogens with zero attached hydrogens (tertiary/aromatic N) is 3. The zero-order valence-electron chi connectivity index (χ0n) is 21.9. The Morgan fingerprint density at radius 2 is 1.75 bits per heavy atom. The van der Waals surface area contributed by atoms with Crippen LogP contribution in [0, 0.1) is 11.8 Å². The predicted molar refractivity (Wildman–Crippen MR) is 148 cm³/mol. The molecule has 1 saturated carbocycles. The lowest BCUT2D eigenvalue weighted by Crippen LogP contribution is -2.41. The number of carbonyl (C=O) groups excluding carboxylic acids is 2. The maximum atomic E-state index is 13.8. The molecular weight excluding hydrogens is 450 g/mol. The molecule has 0 aromatic heterocycles. The molecule has 1 aliphatic carbocycles. The van der Waals surface area contributed by atoms with Crippen LogP contribution < -0.4 is 14.7 Å². The highest BCUT2D eigenvalue weighted by atomic mass is 16.5. The SMILES string of the molecule is COC(=O)/C=C/c1cccc(N(C[C@@H]2CCN(c3ccc(N(C)C)cc3)C2)C(=O)C2CCCCC2)c1. The minimum Gasteiger partial charge on any atom is -0.466 e. The van der Waals surface area contributed by atoms with E-state index >= 15 is 0 Å². The minimum absolute atomic E-state index is 0.101. The smallest absolute Gasteiger partial charge is 0.330 e. The van der Waals surface area contributed by atoms with E-state index in [2.05, 4.69) is 48.2 Å². The second-order valence-electron chi connectivity index (χ2n) is 10.2. The summed E-state index contributed by atoms with van der Waals surface area (Å²) in [6.45, 7) is 2.66. The van der Waals surface area contributed by atoms with Crippen LogP contribution in [0.15, 0.2) is 54.6 Å². The molecular formula is C30H39N3O3. The predicted octanol–water partition coefficient (Wildman–Crippen LogP) is 5.38. The fourth-order valence-corrected chi connectivity index (χ4v) is 5.36. The topological polar surface area (TPSA) is 53.1 Å². The molecule has 0 spiro atoms. The lowest BCUT2D eigenvalue weighted by atomic mass is 9.88. The van der Waals surface area contributed by atoms with Crippen LogP contribution in [0.1, 0.15) is 44.1 Å². The van der Waals surface area contributed by atoms with Gasteiger partial charge < -0.3 is 19.4 Å². The number of methoxy groups -OCH3 is 1. The summed E-state index contributed by atoms with van der Waals surface area (Å²) in [6.07, 6.45) is 9.67. The fraction of sp³-hybridized carbons (Fsp3) is 0.467. The van der Waals surface area contributed by atoms with Crippen LogP contribution >= 0.6 is 0 Å². The van der Waals surface area contributed by atoms with Gasteiger partial charge in [0.1, 0.15) is 0 Å². The van der Waals surface area contributed by atoms with Gasteiger partial charge in [-0.3, -0.25) is 4.79 Å². The van der Waals surface area contributed by atoms with Crippen LogP contribution in [-0.2, 0) is 14.3 Å². The lowest BCUT2D eigenvalue weighted by molar-refractivity contribution is -0.134. The van der Waals surface area contributed by atoms with Crippen molar-refractivity contribution in [2.45, 2.75) is 38.5 Å². The second-order valence-corrected chi connectivity index (χ2v) is 10.2. The lowest BCUT2D eigenvalue weighted by Gasteiger charge is -2.31. The monoisotopic (exact) mass is 489 g/mol. The van der Waals surface area contributed by atoms with E-state index in [0.717, 1.165) is 56.4 Å². The van der Waals surface area contributed by atoms with E-state index in [1.54, 1.807) is 6.08 Å². The normalized spacial score (nSPS) is 18.4. The summed E-state index contributed by atoms with van der Waals surface area (Å²) in [5.41, 5.74) is 4.22. The Balaban J connectivity index is 1.51. The van der Waals surface area contributed by atoms with Crippen LogP contribution in [0.4, 0.5) is 17.1 Å². The molecule has 1 aliphatic heterocycles. The van der Waals surface area contributed by atoms with Crippen molar-refractivity contribution in [3.63, 3.8) is 0 Å². The van der Waals surface area contributed by atoms with Gasteiger partial charge in [0.2, 0.25) is 5.91 Å². The summed E-state index contributed by atoms with van der Waals surface area (Å²) in [5, 5.41) is 0. The molecule has 1 saturated heterocycles. The highest BCUT2D eigenvalue weighted by Gasteiger charge is 2.31.